The Morgan fingerprint density at radius 2 is 1.97 bits per heavy atom. The maximum Gasteiger partial charge on any atom is 0.312 e. The quantitative estimate of drug-likeness (QED) is 0.480. The summed E-state index contributed by atoms with van der Waals surface area (Å²) >= 11 is 0. The van der Waals surface area contributed by atoms with Crippen LogP contribution in [-0.2, 0) is 26.0 Å². The zero-order valence-electron chi connectivity index (χ0n) is 17.9. The number of nitrogens with zero attached hydrogens (tertiary/aromatic N) is 2. The molecule has 2 aliphatic rings. The summed E-state index contributed by atoms with van der Waals surface area (Å²) in [5.41, 5.74) is 1.75. The van der Waals surface area contributed by atoms with Crippen LogP contribution in [0, 0.1) is 10.1 Å². The molecule has 11 heteroatoms. The van der Waals surface area contributed by atoms with Crippen LogP contribution < -0.4 is 10.1 Å². The number of hydrogen-bond donors (Lipinski definition) is 1. The Morgan fingerprint density at radius 1 is 1.21 bits per heavy atom. The molecule has 1 amide bonds. The van der Waals surface area contributed by atoms with E-state index in [0.717, 1.165) is 30.9 Å². The SMILES string of the molecule is O=C(COc1ccc(S(=O)(=O)N2CCOCC2)cc1[N+](=O)[O-])N[C@H]1CCCc2ccccc21. The van der Waals surface area contributed by atoms with Gasteiger partial charge in [-0.2, -0.15) is 4.31 Å². The maximum absolute atomic E-state index is 12.8. The van der Waals surface area contributed by atoms with Gasteiger partial charge in [0.25, 0.3) is 5.91 Å². The molecule has 4 rings (SSSR count). The van der Waals surface area contributed by atoms with Gasteiger partial charge in [-0.25, -0.2) is 8.42 Å². The molecule has 1 atom stereocenters. The van der Waals surface area contributed by atoms with E-state index >= 15 is 0 Å². The molecule has 0 spiro atoms. The van der Waals surface area contributed by atoms with E-state index in [1.807, 2.05) is 24.3 Å². The third kappa shape index (κ3) is 5.15. The summed E-state index contributed by atoms with van der Waals surface area (Å²) in [5, 5.41) is 14.5. The van der Waals surface area contributed by atoms with Gasteiger partial charge in [-0.3, -0.25) is 14.9 Å². The fourth-order valence-corrected chi connectivity index (χ4v) is 5.57. The molecule has 33 heavy (non-hydrogen) atoms. The number of hydrogen-bond acceptors (Lipinski definition) is 7. The molecule has 1 N–H and O–H groups in total. The smallest absolute Gasteiger partial charge is 0.312 e. The molecule has 1 aliphatic heterocycles. The number of ether oxygens (including phenoxy) is 2. The summed E-state index contributed by atoms with van der Waals surface area (Å²) in [7, 11) is -3.90. The van der Waals surface area contributed by atoms with E-state index in [9.17, 15) is 23.3 Å². The lowest BCUT2D eigenvalue weighted by Gasteiger charge is -2.26. The first-order valence-electron chi connectivity index (χ1n) is 10.7. The van der Waals surface area contributed by atoms with E-state index in [1.54, 1.807) is 0 Å². The number of nitro groups is 1. The fourth-order valence-electron chi connectivity index (χ4n) is 4.14. The van der Waals surface area contributed by atoms with Gasteiger partial charge in [0.15, 0.2) is 12.4 Å². The molecule has 0 aromatic heterocycles. The van der Waals surface area contributed by atoms with Gasteiger partial charge in [-0.15, -0.1) is 0 Å². The first-order chi connectivity index (χ1) is 15.9. The minimum Gasteiger partial charge on any atom is -0.477 e. The van der Waals surface area contributed by atoms with E-state index in [2.05, 4.69) is 5.32 Å². The number of nitro benzene ring substituents is 1. The van der Waals surface area contributed by atoms with Crippen LogP contribution in [-0.4, -0.2) is 56.5 Å². The highest BCUT2D eigenvalue weighted by molar-refractivity contribution is 7.89. The summed E-state index contributed by atoms with van der Waals surface area (Å²) < 4.78 is 37.4. The van der Waals surface area contributed by atoms with Crippen LogP contribution in [0.3, 0.4) is 0 Å². The summed E-state index contributed by atoms with van der Waals surface area (Å²) in [6.07, 6.45) is 2.72. The van der Waals surface area contributed by atoms with E-state index in [-0.39, 0.29) is 43.0 Å². The van der Waals surface area contributed by atoms with Gasteiger partial charge in [0.1, 0.15) is 0 Å². The predicted molar refractivity (Wildman–Crippen MR) is 118 cm³/mol. The molecular formula is C22H25N3O7S. The molecule has 0 bridgehead atoms. The number of carbonyl (C=O) groups is 1. The van der Waals surface area contributed by atoms with Crippen molar-refractivity contribution in [1.29, 1.82) is 0 Å². The van der Waals surface area contributed by atoms with Crippen LogP contribution in [0.2, 0.25) is 0 Å². The van der Waals surface area contributed by atoms with Crippen molar-refractivity contribution in [2.24, 2.45) is 0 Å². The number of morpholine rings is 1. The number of aryl methyl sites for hydroxylation is 1. The van der Waals surface area contributed by atoms with Gasteiger partial charge in [0, 0.05) is 19.2 Å². The number of nitrogens with one attached hydrogen (secondary N) is 1. The van der Waals surface area contributed by atoms with Crippen molar-refractivity contribution in [1.82, 2.24) is 9.62 Å². The zero-order valence-corrected chi connectivity index (χ0v) is 18.8. The van der Waals surface area contributed by atoms with Crippen LogP contribution in [0.25, 0.3) is 0 Å². The minimum atomic E-state index is -3.90. The molecule has 1 fully saturated rings. The third-order valence-electron chi connectivity index (χ3n) is 5.80. The predicted octanol–water partition coefficient (Wildman–Crippen LogP) is 2.19. The van der Waals surface area contributed by atoms with Gasteiger partial charge in [-0.05, 0) is 42.5 Å². The highest BCUT2D eigenvalue weighted by Gasteiger charge is 2.29. The monoisotopic (exact) mass is 475 g/mol. The first kappa shape index (κ1) is 23.1. The van der Waals surface area contributed by atoms with Crippen LogP contribution in [0.5, 0.6) is 5.75 Å². The lowest BCUT2D eigenvalue weighted by atomic mass is 9.88. The zero-order chi connectivity index (χ0) is 23.4. The number of benzene rings is 2. The lowest BCUT2D eigenvalue weighted by Crippen LogP contribution is -2.40. The van der Waals surface area contributed by atoms with E-state index in [4.69, 9.17) is 9.47 Å². The van der Waals surface area contributed by atoms with Crippen molar-refractivity contribution in [3.05, 3.63) is 63.7 Å². The van der Waals surface area contributed by atoms with E-state index in [1.165, 1.54) is 22.0 Å². The Labute approximate surface area is 191 Å². The molecule has 1 saturated heterocycles. The average Bonchev–Trinajstić information content (AvgIpc) is 2.83. The summed E-state index contributed by atoms with van der Waals surface area (Å²) in [4.78, 5) is 23.1. The molecule has 0 saturated carbocycles. The second kappa shape index (κ2) is 9.86. The van der Waals surface area contributed by atoms with Crippen molar-refractivity contribution >= 4 is 21.6 Å². The number of sulfonamides is 1. The van der Waals surface area contributed by atoms with Crippen LogP contribution in [0.1, 0.15) is 30.0 Å². The van der Waals surface area contributed by atoms with Crippen molar-refractivity contribution in [3.63, 3.8) is 0 Å². The Bertz CT molecular complexity index is 1150. The average molecular weight is 476 g/mol. The lowest BCUT2D eigenvalue weighted by molar-refractivity contribution is -0.386. The second-order valence-corrected chi connectivity index (χ2v) is 9.84. The number of fused-ring (bicyclic) bond motifs is 1. The topological polar surface area (TPSA) is 128 Å². The van der Waals surface area contributed by atoms with Gasteiger partial charge in [-0.1, -0.05) is 24.3 Å². The Morgan fingerprint density at radius 3 is 2.73 bits per heavy atom. The summed E-state index contributed by atoms with van der Waals surface area (Å²) in [5.74, 6) is -0.573. The molecule has 0 unspecified atom stereocenters. The van der Waals surface area contributed by atoms with Crippen LogP contribution in [0.15, 0.2) is 47.4 Å². The highest BCUT2D eigenvalue weighted by Crippen LogP contribution is 2.32. The highest BCUT2D eigenvalue weighted by atomic mass is 32.2. The first-order valence-corrected chi connectivity index (χ1v) is 12.2. The van der Waals surface area contributed by atoms with E-state index < -0.39 is 33.1 Å². The van der Waals surface area contributed by atoms with Crippen LogP contribution >= 0.6 is 0 Å². The second-order valence-electron chi connectivity index (χ2n) is 7.90. The molecule has 1 aliphatic carbocycles. The number of carbonyl (C=O) groups excluding carboxylic acids is 1. The fraction of sp³-hybridized carbons (Fsp3) is 0.409. The van der Waals surface area contributed by atoms with Gasteiger partial charge >= 0.3 is 5.69 Å². The Hall–Kier alpha value is -3.02. The van der Waals surface area contributed by atoms with Gasteiger partial charge in [0.2, 0.25) is 10.0 Å². The van der Waals surface area contributed by atoms with Gasteiger partial charge < -0.3 is 14.8 Å². The van der Waals surface area contributed by atoms with Crippen molar-refractivity contribution in [3.8, 4) is 5.75 Å². The van der Waals surface area contributed by atoms with Crippen molar-refractivity contribution in [2.45, 2.75) is 30.2 Å². The normalized spacial score (nSPS) is 18.8. The van der Waals surface area contributed by atoms with Crippen molar-refractivity contribution in [2.75, 3.05) is 32.9 Å². The molecule has 10 nitrogen and oxygen atoms in total. The Kier molecular flexibility index (Phi) is 6.91. The molecular weight excluding hydrogens is 450 g/mol. The summed E-state index contributed by atoms with van der Waals surface area (Å²) in [6, 6.07) is 11.2. The summed E-state index contributed by atoms with van der Waals surface area (Å²) in [6.45, 7) is 0.471. The molecule has 2 aromatic carbocycles. The number of rotatable bonds is 7. The van der Waals surface area contributed by atoms with Crippen molar-refractivity contribution < 1.29 is 27.6 Å². The third-order valence-corrected chi connectivity index (χ3v) is 7.69. The Balaban J connectivity index is 1.45. The maximum atomic E-state index is 12.8. The standard InChI is InChI=1S/C22H25N3O7S/c26-22(23-19-7-3-5-16-4-1-2-6-18(16)19)15-32-21-9-8-17(14-20(21)25(27)28)33(29,30)24-10-12-31-13-11-24/h1-2,4,6,8-9,14,19H,3,5,7,10-13,15H2,(H,23,26)/t19-/m0/s1. The van der Waals surface area contributed by atoms with Gasteiger partial charge in [0.05, 0.1) is 29.1 Å². The van der Waals surface area contributed by atoms with E-state index in [0.29, 0.717) is 0 Å². The molecule has 1 heterocycles. The largest absolute Gasteiger partial charge is 0.477 e. The molecule has 176 valence electrons. The minimum absolute atomic E-state index is 0.137. The number of amides is 1. The molecule has 0 radical (unpaired) electrons. The molecule has 2 aromatic rings. The van der Waals surface area contributed by atoms with Crippen LogP contribution in [0.4, 0.5) is 5.69 Å².